The molecule has 0 heterocycles. The number of nitrogens with one attached hydrogen (secondary N) is 1. The third-order valence-electron chi connectivity index (χ3n) is 3.69. The number of anilines is 1. The van der Waals surface area contributed by atoms with Crippen LogP contribution in [0, 0.1) is 6.92 Å². The van der Waals surface area contributed by atoms with Gasteiger partial charge in [-0.25, -0.2) is 21.1 Å². The molecule has 148 valence electrons. The van der Waals surface area contributed by atoms with Crippen molar-refractivity contribution in [2.75, 3.05) is 25.4 Å². The molecule has 0 aromatic heterocycles. The van der Waals surface area contributed by atoms with E-state index in [1.807, 2.05) is 0 Å². The van der Waals surface area contributed by atoms with Crippen molar-refractivity contribution in [3.63, 3.8) is 0 Å². The van der Waals surface area contributed by atoms with Crippen LogP contribution in [0.5, 0.6) is 5.75 Å². The summed E-state index contributed by atoms with van der Waals surface area (Å²) < 4.78 is 60.1. The Labute approximate surface area is 168 Å². The summed E-state index contributed by atoms with van der Waals surface area (Å²) in [6.07, 6.45) is 0. The number of rotatable bonds is 7. The second kappa shape index (κ2) is 8.17. The van der Waals surface area contributed by atoms with Crippen LogP contribution in [0.25, 0.3) is 0 Å². The molecule has 0 saturated heterocycles. The Morgan fingerprint density at radius 2 is 1.74 bits per heavy atom. The van der Waals surface area contributed by atoms with E-state index >= 15 is 0 Å². The van der Waals surface area contributed by atoms with Crippen molar-refractivity contribution in [1.29, 1.82) is 0 Å². The SMILES string of the molecule is CCOc1ccc(NS(=O)(=O)c2ccc(Br)c(C)c2)cc1S(=O)(=O)N(C)C. The third kappa shape index (κ3) is 4.81. The van der Waals surface area contributed by atoms with Crippen LogP contribution in [0.4, 0.5) is 5.69 Å². The molecule has 1 N–H and O–H groups in total. The Balaban J connectivity index is 2.49. The highest BCUT2D eigenvalue weighted by Crippen LogP contribution is 2.30. The monoisotopic (exact) mass is 476 g/mol. The second-order valence-electron chi connectivity index (χ2n) is 5.90. The van der Waals surface area contributed by atoms with Crippen molar-refractivity contribution < 1.29 is 21.6 Å². The molecule has 0 aliphatic heterocycles. The number of hydrogen-bond donors (Lipinski definition) is 1. The molecule has 7 nitrogen and oxygen atoms in total. The fraction of sp³-hybridized carbons (Fsp3) is 0.294. The van der Waals surface area contributed by atoms with Crippen LogP contribution in [0.1, 0.15) is 12.5 Å². The van der Waals surface area contributed by atoms with Gasteiger partial charge in [0.05, 0.1) is 17.2 Å². The number of aryl methyl sites for hydroxylation is 1. The largest absolute Gasteiger partial charge is 0.492 e. The minimum absolute atomic E-state index is 0.0779. The van der Waals surface area contributed by atoms with Crippen molar-refractivity contribution in [2.24, 2.45) is 0 Å². The molecule has 0 unspecified atom stereocenters. The van der Waals surface area contributed by atoms with E-state index in [2.05, 4.69) is 20.7 Å². The molecule has 27 heavy (non-hydrogen) atoms. The van der Waals surface area contributed by atoms with Crippen LogP contribution in [0.3, 0.4) is 0 Å². The molecule has 0 saturated carbocycles. The Hall–Kier alpha value is -1.62. The van der Waals surface area contributed by atoms with Crippen molar-refractivity contribution in [1.82, 2.24) is 4.31 Å². The molecule has 0 spiro atoms. The summed E-state index contributed by atoms with van der Waals surface area (Å²) in [6.45, 7) is 3.79. The van der Waals surface area contributed by atoms with Crippen molar-refractivity contribution in [3.05, 3.63) is 46.4 Å². The maximum atomic E-state index is 12.7. The minimum atomic E-state index is -3.88. The summed E-state index contributed by atoms with van der Waals surface area (Å²) >= 11 is 3.33. The lowest BCUT2D eigenvalue weighted by atomic mass is 10.2. The van der Waals surface area contributed by atoms with E-state index in [4.69, 9.17) is 4.74 Å². The zero-order valence-electron chi connectivity index (χ0n) is 15.4. The molecular weight excluding hydrogens is 456 g/mol. The smallest absolute Gasteiger partial charge is 0.261 e. The number of hydrogen-bond acceptors (Lipinski definition) is 5. The maximum absolute atomic E-state index is 12.7. The molecule has 0 aliphatic rings. The number of nitrogens with zero attached hydrogens (tertiary/aromatic N) is 1. The van der Waals surface area contributed by atoms with E-state index in [1.54, 1.807) is 19.9 Å². The van der Waals surface area contributed by atoms with Crippen LogP contribution in [0.15, 0.2) is 50.7 Å². The second-order valence-corrected chi connectivity index (χ2v) is 10.6. The van der Waals surface area contributed by atoms with E-state index in [0.717, 1.165) is 14.3 Å². The molecule has 0 fully saturated rings. The fourth-order valence-electron chi connectivity index (χ4n) is 2.24. The van der Waals surface area contributed by atoms with E-state index in [0.29, 0.717) is 0 Å². The topological polar surface area (TPSA) is 92.8 Å². The van der Waals surface area contributed by atoms with Gasteiger partial charge in [-0.1, -0.05) is 15.9 Å². The zero-order chi connectivity index (χ0) is 20.4. The maximum Gasteiger partial charge on any atom is 0.261 e. The highest BCUT2D eigenvalue weighted by atomic mass is 79.9. The lowest BCUT2D eigenvalue weighted by Crippen LogP contribution is -2.23. The summed E-state index contributed by atoms with van der Waals surface area (Å²) in [5.41, 5.74) is 0.889. The highest BCUT2D eigenvalue weighted by molar-refractivity contribution is 9.10. The van der Waals surface area contributed by atoms with Gasteiger partial charge in [0.25, 0.3) is 10.0 Å². The van der Waals surface area contributed by atoms with E-state index in [9.17, 15) is 16.8 Å². The van der Waals surface area contributed by atoms with Gasteiger partial charge in [-0.2, -0.15) is 0 Å². The van der Waals surface area contributed by atoms with E-state index in [-0.39, 0.29) is 27.8 Å². The van der Waals surface area contributed by atoms with Gasteiger partial charge < -0.3 is 4.74 Å². The van der Waals surface area contributed by atoms with Crippen LogP contribution < -0.4 is 9.46 Å². The van der Waals surface area contributed by atoms with Gasteiger partial charge in [0.1, 0.15) is 10.6 Å². The quantitative estimate of drug-likeness (QED) is 0.661. The number of sulfonamides is 2. The van der Waals surface area contributed by atoms with Gasteiger partial charge in [-0.05, 0) is 55.8 Å². The molecule has 10 heteroatoms. The Bertz CT molecular complexity index is 1050. The zero-order valence-corrected chi connectivity index (χ0v) is 18.6. The molecule has 0 amide bonds. The minimum Gasteiger partial charge on any atom is -0.492 e. The van der Waals surface area contributed by atoms with Gasteiger partial charge in [0.2, 0.25) is 10.0 Å². The first-order valence-corrected chi connectivity index (χ1v) is 11.7. The van der Waals surface area contributed by atoms with Gasteiger partial charge in [0.15, 0.2) is 0 Å². The first kappa shape index (κ1) is 21.7. The van der Waals surface area contributed by atoms with Gasteiger partial charge >= 0.3 is 0 Å². The summed E-state index contributed by atoms with van der Waals surface area (Å²) in [4.78, 5) is -0.0318. The first-order valence-electron chi connectivity index (χ1n) is 7.97. The van der Waals surface area contributed by atoms with E-state index in [1.165, 1.54) is 44.4 Å². The Kier molecular flexibility index (Phi) is 6.56. The van der Waals surface area contributed by atoms with Gasteiger partial charge in [-0.15, -0.1) is 0 Å². The predicted octanol–water partition coefficient (Wildman–Crippen LogP) is 3.21. The summed E-state index contributed by atoms with van der Waals surface area (Å²) in [6, 6.07) is 8.78. The summed E-state index contributed by atoms with van der Waals surface area (Å²) in [5, 5.41) is 0. The van der Waals surface area contributed by atoms with Crippen molar-refractivity contribution >= 4 is 41.7 Å². The third-order valence-corrected chi connectivity index (χ3v) is 7.80. The standard InChI is InChI=1S/C17H21BrN2O5S2/c1-5-25-16-9-6-13(11-17(16)27(23,24)20(3)4)19-26(21,22)14-7-8-15(18)12(2)10-14/h6-11,19H,5H2,1-4H3. The van der Waals surface area contributed by atoms with Crippen molar-refractivity contribution in [2.45, 2.75) is 23.6 Å². The van der Waals surface area contributed by atoms with Gasteiger partial charge in [0, 0.05) is 18.6 Å². The molecule has 2 aromatic rings. The highest BCUT2D eigenvalue weighted by Gasteiger charge is 2.24. The number of benzene rings is 2. The Morgan fingerprint density at radius 1 is 1.07 bits per heavy atom. The van der Waals surface area contributed by atoms with Crippen LogP contribution in [0.2, 0.25) is 0 Å². The molecule has 2 rings (SSSR count). The molecular formula is C17H21BrN2O5S2. The normalized spacial score (nSPS) is 12.2. The fourth-order valence-corrected chi connectivity index (χ4v) is 4.67. The van der Waals surface area contributed by atoms with Crippen molar-refractivity contribution in [3.8, 4) is 5.75 Å². The molecule has 2 aromatic carbocycles. The molecule has 0 bridgehead atoms. The number of ether oxygens (including phenoxy) is 1. The van der Waals surface area contributed by atoms with E-state index < -0.39 is 20.0 Å². The lowest BCUT2D eigenvalue weighted by Gasteiger charge is -2.17. The van der Waals surface area contributed by atoms with Gasteiger partial charge in [-0.3, -0.25) is 4.72 Å². The average Bonchev–Trinajstić information content (AvgIpc) is 2.58. The van der Waals surface area contributed by atoms with Crippen LogP contribution in [-0.4, -0.2) is 41.8 Å². The summed E-state index contributed by atoms with van der Waals surface area (Å²) in [7, 11) is -4.91. The molecule has 0 radical (unpaired) electrons. The average molecular weight is 477 g/mol. The van der Waals surface area contributed by atoms with Crippen LogP contribution >= 0.6 is 15.9 Å². The molecule has 0 atom stereocenters. The molecule has 0 aliphatic carbocycles. The first-order chi connectivity index (χ1) is 12.5. The predicted molar refractivity (Wildman–Crippen MR) is 108 cm³/mol. The summed E-state index contributed by atoms with van der Waals surface area (Å²) in [5.74, 6) is 0.161. The Morgan fingerprint density at radius 3 is 2.30 bits per heavy atom. The lowest BCUT2D eigenvalue weighted by molar-refractivity contribution is 0.330. The van der Waals surface area contributed by atoms with Crippen LogP contribution in [-0.2, 0) is 20.0 Å². The number of halogens is 1.